The van der Waals surface area contributed by atoms with Gasteiger partial charge in [0.05, 0.1) is 9.80 Å². The van der Waals surface area contributed by atoms with Crippen LogP contribution in [0, 0.1) is 0 Å². The third-order valence-electron chi connectivity index (χ3n) is 2.93. The predicted molar refractivity (Wildman–Crippen MR) is 68.3 cm³/mol. The molecular formula is C13H15NO3S. The van der Waals surface area contributed by atoms with Gasteiger partial charge < -0.3 is 5.32 Å². The molecule has 1 aliphatic rings. The van der Waals surface area contributed by atoms with Crippen LogP contribution in [-0.2, 0) is 14.6 Å². The molecule has 0 radical (unpaired) electrons. The summed E-state index contributed by atoms with van der Waals surface area (Å²) in [5.41, 5.74) is 0.446. The number of rotatable bonds is 2. The molecule has 2 rings (SSSR count). The molecule has 1 aliphatic heterocycles. The molecule has 0 saturated carbocycles. The number of allylic oxidation sites excluding steroid dienone is 2. The molecule has 5 heteroatoms. The Morgan fingerprint density at radius 3 is 2.44 bits per heavy atom. The van der Waals surface area contributed by atoms with E-state index in [1.807, 2.05) is 0 Å². The number of hydrogen-bond donors (Lipinski definition) is 1. The topological polar surface area (TPSA) is 63.2 Å². The lowest BCUT2D eigenvalue weighted by atomic mass is 10.2. The SMILES string of the molecule is CC1=C(S(=O)(=O)c2ccccc2)CCCC(=O)N1. The Bertz CT molecular complexity index is 588. The molecule has 0 fully saturated rings. The molecule has 0 unspecified atom stereocenters. The Morgan fingerprint density at radius 2 is 1.78 bits per heavy atom. The van der Waals surface area contributed by atoms with Crippen LogP contribution in [0.25, 0.3) is 0 Å². The summed E-state index contributed by atoms with van der Waals surface area (Å²) in [6, 6.07) is 8.30. The Morgan fingerprint density at radius 1 is 1.11 bits per heavy atom. The molecule has 1 N–H and O–H groups in total. The average Bonchev–Trinajstić information content (AvgIpc) is 2.51. The number of hydrogen-bond acceptors (Lipinski definition) is 3. The number of amides is 1. The van der Waals surface area contributed by atoms with Crippen molar-refractivity contribution in [1.82, 2.24) is 5.32 Å². The Balaban J connectivity index is 2.47. The minimum Gasteiger partial charge on any atom is -0.329 e. The smallest absolute Gasteiger partial charge is 0.224 e. The zero-order valence-electron chi connectivity index (χ0n) is 10.1. The molecule has 0 spiro atoms. The number of sulfone groups is 1. The first kappa shape index (κ1) is 12.8. The maximum absolute atomic E-state index is 12.4. The van der Waals surface area contributed by atoms with E-state index in [1.54, 1.807) is 37.3 Å². The van der Waals surface area contributed by atoms with Crippen molar-refractivity contribution in [3.63, 3.8) is 0 Å². The second kappa shape index (κ2) is 4.94. The van der Waals surface area contributed by atoms with E-state index in [0.29, 0.717) is 29.9 Å². The first-order valence-electron chi connectivity index (χ1n) is 5.81. The maximum atomic E-state index is 12.4. The maximum Gasteiger partial charge on any atom is 0.224 e. The van der Waals surface area contributed by atoms with Crippen LogP contribution in [0.4, 0.5) is 0 Å². The number of carbonyl (C=O) groups excluding carboxylic acids is 1. The molecule has 18 heavy (non-hydrogen) atoms. The predicted octanol–water partition coefficient (Wildman–Crippen LogP) is 1.99. The van der Waals surface area contributed by atoms with Gasteiger partial charge in [0.2, 0.25) is 15.7 Å². The second-order valence-corrected chi connectivity index (χ2v) is 6.24. The highest BCUT2D eigenvalue weighted by molar-refractivity contribution is 7.95. The van der Waals surface area contributed by atoms with Crippen LogP contribution in [0.2, 0.25) is 0 Å². The first-order chi connectivity index (χ1) is 8.51. The summed E-state index contributed by atoms with van der Waals surface area (Å²) in [5.74, 6) is -0.120. The summed E-state index contributed by atoms with van der Waals surface area (Å²) in [5, 5.41) is 2.63. The van der Waals surface area contributed by atoms with Crippen LogP contribution < -0.4 is 5.32 Å². The molecule has 1 amide bonds. The van der Waals surface area contributed by atoms with Gasteiger partial charge in [0, 0.05) is 12.1 Å². The fraction of sp³-hybridized carbons (Fsp3) is 0.308. The lowest BCUT2D eigenvalue weighted by molar-refractivity contribution is -0.120. The highest BCUT2D eigenvalue weighted by Gasteiger charge is 2.25. The van der Waals surface area contributed by atoms with Gasteiger partial charge in [-0.3, -0.25) is 4.79 Å². The van der Waals surface area contributed by atoms with Crippen LogP contribution in [-0.4, -0.2) is 14.3 Å². The Hall–Kier alpha value is -1.62. The number of nitrogens with one attached hydrogen (secondary N) is 1. The zero-order chi connectivity index (χ0) is 13.2. The molecule has 0 aromatic heterocycles. The van der Waals surface area contributed by atoms with Gasteiger partial charge in [-0.25, -0.2) is 8.42 Å². The third kappa shape index (κ3) is 2.46. The molecule has 0 bridgehead atoms. The van der Waals surface area contributed by atoms with Crippen molar-refractivity contribution in [2.75, 3.05) is 0 Å². The highest BCUT2D eigenvalue weighted by Crippen LogP contribution is 2.27. The van der Waals surface area contributed by atoms with Gasteiger partial charge in [-0.2, -0.15) is 0 Å². The molecular weight excluding hydrogens is 250 g/mol. The molecule has 0 aliphatic carbocycles. The molecule has 1 heterocycles. The normalized spacial score (nSPS) is 17.3. The van der Waals surface area contributed by atoms with E-state index in [1.165, 1.54) is 0 Å². The van der Waals surface area contributed by atoms with Gasteiger partial charge in [0.1, 0.15) is 0 Å². The van der Waals surface area contributed by atoms with E-state index in [0.717, 1.165) is 0 Å². The summed E-state index contributed by atoms with van der Waals surface area (Å²) in [4.78, 5) is 12.0. The fourth-order valence-electron chi connectivity index (χ4n) is 2.02. The van der Waals surface area contributed by atoms with Gasteiger partial charge in [0.25, 0.3) is 0 Å². The van der Waals surface area contributed by atoms with Crippen molar-refractivity contribution < 1.29 is 13.2 Å². The minimum absolute atomic E-state index is 0.120. The van der Waals surface area contributed by atoms with Gasteiger partial charge in [-0.05, 0) is 31.9 Å². The second-order valence-electron chi connectivity index (χ2n) is 4.27. The summed E-state index contributed by atoms with van der Waals surface area (Å²) in [7, 11) is -3.49. The van der Waals surface area contributed by atoms with Gasteiger partial charge in [-0.1, -0.05) is 18.2 Å². The van der Waals surface area contributed by atoms with Gasteiger partial charge >= 0.3 is 0 Å². The molecule has 4 nitrogen and oxygen atoms in total. The van der Waals surface area contributed by atoms with Crippen molar-refractivity contribution in [2.45, 2.75) is 31.1 Å². The standard InChI is InChI=1S/C13H15NO3S/c1-10-12(8-5-9-13(15)14-10)18(16,17)11-6-3-2-4-7-11/h2-4,6-7H,5,8-9H2,1H3,(H,14,15). The van der Waals surface area contributed by atoms with Crippen LogP contribution in [0.5, 0.6) is 0 Å². The lowest BCUT2D eigenvalue weighted by Crippen LogP contribution is -2.21. The van der Waals surface area contributed by atoms with Crippen LogP contribution in [0.1, 0.15) is 26.2 Å². The van der Waals surface area contributed by atoms with E-state index in [4.69, 9.17) is 0 Å². The first-order valence-corrected chi connectivity index (χ1v) is 7.30. The van der Waals surface area contributed by atoms with E-state index in [9.17, 15) is 13.2 Å². The summed E-state index contributed by atoms with van der Waals surface area (Å²) in [6.07, 6.45) is 1.33. The molecule has 0 atom stereocenters. The Kier molecular flexibility index (Phi) is 3.52. The number of carbonyl (C=O) groups is 1. The van der Waals surface area contributed by atoms with Crippen molar-refractivity contribution in [3.05, 3.63) is 40.9 Å². The molecule has 1 aromatic rings. The zero-order valence-corrected chi connectivity index (χ0v) is 11.0. The monoisotopic (exact) mass is 265 g/mol. The lowest BCUT2D eigenvalue weighted by Gasteiger charge is -2.10. The molecule has 96 valence electrons. The van der Waals surface area contributed by atoms with Crippen molar-refractivity contribution >= 4 is 15.7 Å². The van der Waals surface area contributed by atoms with E-state index < -0.39 is 9.84 Å². The highest BCUT2D eigenvalue weighted by atomic mass is 32.2. The van der Waals surface area contributed by atoms with Crippen LogP contribution in [0.3, 0.4) is 0 Å². The Labute approximate surface area is 107 Å². The summed E-state index contributed by atoms with van der Waals surface area (Å²) < 4.78 is 24.9. The van der Waals surface area contributed by atoms with Gasteiger partial charge in [0.15, 0.2) is 0 Å². The van der Waals surface area contributed by atoms with Crippen LogP contribution in [0.15, 0.2) is 45.8 Å². The van der Waals surface area contributed by atoms with Crippen LogP contribution >= 0.6 is 0 Å². The van der Waals surface area contributed by atoms with Gasteiger partial charge in [-0.15, -0.1) is 0 Å². The third-order valence-corrected chi connectivity index (χ3v) is 4.98. The van der Waals surface area contributed by atoms with E-state index in [2.05, 4.69) is 5.32 Å². The molecule has 1 aromatic carbocycles. The van der Waals surface area contributed by atoms with Crippen molar-refractivity contribution in [2.24, 2.45) is 0 Å². The summed E-state index contributed by atoms with van der Waals surface area (Å²) in [6.45, 7) is 1.64. The fourth-order valence-corrected chi connectivity index (χ4v) is 3.68. The minimum atomic E-state index is -3.49. The van der Waals surface area contributed by atoms with Crippen molar-refractivity contribution in [3.8, 4) is 0 Å². The summed E-state index contributed by atoms with van der Waals surface area (Å²) >= 11 is 0. The van der Waals surface area contributed by atoms with E-state index in [-0.39, 0.29) is 10.8 Å². The number of benzene rings is 1. The molecule has 0 saturated heterocycles. The largest absolute Gasteiger partial charge is 0.329 e. The van der Waals surface area contributed by atoms with Crippen molar-refractivity contribution in [1.29, 1.82) is 0 Å². The average molecular weight is 265 g/mol. The van der Waals surface area contributed by atoms with E-state index >= 15 is 0 Å². The quantitative estimate of drug-likeness (QED) is 0.889.